The molecular weight excluding hydrogens is 268 g/mol. The van der Waals surface area contributed by atoms with E-state index in [2.05, 4.69) is 10.6 Å². The summed E-state index contributed by atoms with van der Waals surface area (Å²) < 4.78 is 0. The molecule has 0 aromatic heterocycles. The van der Waals surface area contributed by atoms with Crippen LogP contribution in [0.5, 0.6) is 0 Å². The Morgan fingerprint density at radius 1 is 1.29 bits per heavy atom. The van der Waals surface area contributed by atoms with Gasteiger partial charge in [0.05, 0.1) is 0 Å². The summed E-state index contributed by atoms with van der Waals surface area (Å²) in [6, 6.07) is 5.80. The van der Waals surface area contributed by atoms with E-state index < -0.39 is 5.97 Å². The zero-order valence-electron chi connectivity index (χ0n) is 12.3. The van der Waals surface area contributed by atoms with Crippen LogP contribution in [-0.2, 0) is 17.9 Å². The molecule has 0 spiro atoms. The number of nitrogens with one attached hydrogen (secondary N) is 2. The highest BCUT2D eigenvalue weighted by molar-refractivity contribution is 5.94. The minimum absolute atomic E-state index is 0.0601. The molecule has 0 bridgehead atoms. The van der Waals surface area contributed by atoms with E-state index in [4.69, 9.17) is 5.11 Å². The number of carboxylic acid groups (broad SMARTS) is 1. The van der Waals surface area contributed by atoms with Crippen LogP contribution in [0.4, 0.5) is 0 Å². The standard InChI is InChI=1S/C16H22N2O3/c1-11(2-5-15(19)20)6-7-18-16(21)12-3-4-13-9-17-10-14(13)8-12/h3-4,8,11,17H,2,5-7,9-10H2,1H3,(H,18,21)(H,19,20). The number of hydrogen-bond acceptors (Lipinski definition) is 3. The van der Waals surface area contributed by atoms with Gasteiger partial charge in [-0.05, 0) is 42.0 Å². The number of hydrogen-bond donors (Lipinski definition) is 3. The van der Waals surface area contributed by atoms with Crippen LogP contribution < -0.4 is 10.6 Å². The second kappa shape index (κ2) is 7.22. The van der Waals surface area contributed by atoms with Crippen LogP contribution in [0, 0.1) is 5.92 Å². The van der Waals surface area contributed by atoms with Gasteiger partial charge in [-0.2, -0.15) is 0 Å². The Bertz CT molecular complexity index is 528. The van der Waals surface area contributed by atoms with Gasteiger partial charge in [0.25, 0.3) is 5.91 Å². The quantitative estimate of drug-likeness (QED) is 0.717. The SMILES string of the molecule is CC(CCNC(=O)c1ccc2c(c1)CNC2)CCC(=O)O. The average Bonchev–Trinajstić information content (AvgIpc) is 2.92. The molecule has 21 heavy (non-hydrogen) atoms. The topological polar surface area (TPSA) is 78.4 Å². The van der Waals surface area contributed by atoms with Crippen LogP contribution in [0.2, 0.25) is 0 Å². The molecule has 1 aromatic carbocycles. The van der Waals surface area contributed by atoms with Gasteiger partial charge in [-0.3, -0.25) is 9.59 Å². The van der Waals surface area contributed by atoms with Crippen molar-refractivity contribution in [2.75, 3.05) is 6.54 Å². The molecule has 2 rings (SSSR count). The predicted molar refractivity (Wildman–Crippen MR) is 80.0 cm³/mol. The summed E-state index contributed by atoms with van der Waals surface area (Å²) in [5, 5.41) is 14.8. The predicted octanol–water partition coefficient (Wildman–Crippen LogP) is 1.91. The summed E-state index contributed by atoms with van der Waals surface area (Å²) in [5.74, 6) is -0.529. The Morgan fingerprint density at radius 2 is 2.05 bits per heavy atom. The third kappa shape index (κ3) is 4.56. The van der Waals surface area contributed by atoms with Crippen LogP contribution >= 0.6 is 0 Å². The summed E-state index contributed by atoms with van der Waals surface area (Å²) in [7, 11) is 0. The minimum atomic E-state index is -0.766. The lowest BCUT2D eigenvalue weighted by atomic mass is 10.0. The van der Waals surface area contributed by atoms with E-state index in [1.54, 1.807) is 0 Å². The average molecular weight is 290 g/mol. The second-order valence-electron chi connectivity index (χ2n) is 5.67. The van der Waals surface area contributed by atoms with Gasteiger partial charge in [-0.15, -0.1) is 0 Å². The summed E-state index contributed by atoms with van der Waals surface area (Å²) in [6.45, 7) is 4.28. The number of rotatable bonds is 7. The Labute approximate surface area is 124 Å². The molecule has 1 amide bonds. The van der Waals surface area contributed by atoms with Crippen LogP contribution in [0.25, 0.3) is 0 Å². The summed E-state index contributed by atoms with van der Waals surface area (Å²) in [5.41, 5.74) is 3.14. The molecule has 1 aliphatic rings. The van der Waals surface area contributed by atoms with Gasteiger partial charge in [0, 0.05) is 31.6 Å². The second-order valence-corrected chi connectivity index (χ2v) is 5.67. The van der Waals surface area contributed by atoms with Crippen LogP contribution in [0.1, 0.15) is 47.7 Å². The van der Waals surface area contributed by atoms with E-state index in [9.17, 15) is 9.59 Å². The molecule has 1 aromatic rings. The highest BCUT2D eigenvalue weighted by Crippen LogP contribution is 2.17. The maximum atomic E-state index is 12.1. The highest BCUT2D eigenvalue weighted by Gasteiger charge is 2.13. The molecule has 1 unspecified atom stereocenters. The molecule has 5 nitrogen and oxygen atoms in total. The van der Waals surface area contributed by atoms with E-state index in [-0.39, 0.29) is 12.3 Å². The summed E-state index contributed by atoms with van der Waals surface area (Å²) in [6.07, 6.45) is 1.63. The molecule has 0 aliphatic carbocycles. The molecule has 5 heteroatoms. The Morgan fingerprint density at radius 3 is 2.81 bits per heavy atom. The van der Waals surface area contributed by atoms with Gasteiger partial charge in [0.15, 0.2) is 0 Å². The number of carbonyl (C=O) groups is 2. The number of amides is 1. The van der Waals surface area contributed by atoms with Crippen molar-refractivity contribution >= 4 is 11.9 Å². The number of benzene rings is 1. The Hall–Kier alpha value is -1.88. The molecule has 0 fully saturated rings. The molecule has 0 saturated heterocycles. The van der Waals surface area contributed by atoms with Crippen molar-refractivity contribution in [3.63, 3.8) is 0 Å². The van der Waals surface area contributed by atoms with Crippen molar-refractivity contribution in [1.82, 2.24) is 10.6 Å². The molecule has 3 N–H and O–H groups in total. The smallest absolute Gasteiger partial charge is 0.303 e. The third-order valence-electron chi connectivity index (χ3n) is 3.87. The fourth-order valence-electron chi connectivity index (χ4n) is 2.48. The fourth-order valence-corrected chi connectivity index (χ4v) is 2.48. The van der Waals surface area contributed by atoms with Crippen molar-refractivity contribution in [3.05, 3.63) is 34.9 Å². The molecule has 0 saturated carbocycles. The van der Waals surface area contributed by atoms with Crippen LogP contribution in [0.3, 0.4) is 0 Å². The number of carbonyl (C=O) groups excluding carboxylic acids is 1. The molecule has 1 aliphatic heterocycles. The van der Waals surface area contributed by atoms with Gasteiger partial charge in [-0.25, -0.2) is 0 Å². The zero-order valence-corrected chi connectivity index (χ0v) is 12.3. The largest absolute Gasteiger partial charge is 0.481 e. The van der Waals surface area contributed by atoms with E-state index >= 15 is 0 Å². The van der Waals surface area contributed by atoms with Gasteiger partial charge in [0.2, 0.25) is 0 Å². The number of aliphatic carboxylic acids is 1. The van der Waals surface area contributed by atoms with Crippen LogP contribution in [0.15, 0.2) is 18.2 Å². The maximum absolute atomic E-state index is 12.1. The first-order valence-electron chi connectivity index (χ1n) is 7.39. The Balaban J connectivity index is 1.76. The zero-order chi connectivity index (χ0) is 15.2. The Kier molecular flexibility index (Phi) is 5.33. The van der Waals surface area contributed by atoms with Crippen LogP contribution in [-0.4, -0.2) is 23.5 Å². The first-order chi connectivity index (χ1) is 10.1. The van der Waals surface area contributed by atoms with E-state index in [1.165, 1.54) is 11.1 Å². The minimum Gasteiger partial charge on any atom is -0.481 e. The van der Waals surface area contributed by atoms with Gasteiger partial charge in [-0.1, -0.05) is 13.0 Å². The molecule has 114 valence electrons. The third-order valence-corrected chi connectivity index (χ3v) is 3.87. The lowest BCUT2D eigenvalue weighted by molar-refractivity contribution is -0.137. The fraction of sp³-hybridized carbons (Fsp3) is 0.500. The summed E-state index contributed by atoms with van der Waals surface area (Å²) in [4.78, 5) is 22.6. The molecule has 1 atom stereocenters. The number of fused-ring (bicyclic) bond motifs is 1. The van der Waals surface area contributed by atoms with Crippen molar-refractivity contribution < 1.29 is 14.7 Å². The lowest BCUT2D eigenvalue weighted by Crippen LogP contribution is -2.25. The van der Waals surface area contributed by atoms with E-state index in [0.29, 0.717) is 24.4 Å². The highest BCUT2D eigenvalue weighted by atomic mass is 16.4. The first-order valence-corrected chi connectivity index (χ1v) is 7.39. The van der Waals surface area contributed by atoms with Crippen molar-refractivity contribution in [2.45, 2.75) is 39.3 Å². The van der Waals surface area contributed by atoms with Crippen molar-refractivity contribution in [1.29, 1.82) is 0 Å². The van der Waals surface area contributed by atoms with Gasteiger partial charge < -0.3 is 15.7 Å². The maximum Gasteiger partial charge on any atom is 0.303 e. The van der Waals surface area contributed by atoms with E-state index in [0.717, 1.165) is 19.5 Å². The molecule has 0 radical (unpaired) electrons. The number of carboxylic acids is 1. The molecular formula is C16H22N2O3. The van der Waals surface area contributed by atoms with Crippen molar-refractivity contribution in [3.8, 4) is 0 Å². The first kappa shape index (κ1) is 15.5. The lowest BCUT2D eigenvalue weighted by Gasteiger charge is -2.11. The van der Waals surface area contributed by atoms with Gasteiger partial charge in [0.1, 0.15) is 0 Å². The van der Waals surface area contributed by atoms with Gasteiger partial charge >= 0.3 is 5.97 Å². The van der Waals surface area contributed by atoms with Crippen molar-refractivity contribution in [2.24, 2.45) is 5.92 Å². The normalized spacial score (nSPS) is 14.5. The monoisotopic (exact) mass is 290 g/mol. The van der Waals surface area contributed by atoms with E-state index in [1.807, 2.05) is 25.1 Å². The summed E-state index contributed by atoms with van der Waals surface area (Å²) >= 11 is 0. The molecule has 1 heterocycles.